The standard InChI is InChI=1S/C69H110N5O34P/c1-31(2)15-14-17-32(3)18-19-34(5)22-25-68(9,10)24-13-12-16-33(4)23-26-95-38(28-97-92)29-98-109(93,94)108-66-57(58(107-67(71)90)69(11,91)59(106-66)60(70)88)105-63-45(73-37(8)77)48(82)55(42(101-63)30-96-64-52(86)49(83)46(80)41(27-75)100-64)103-62-44(72-36(7)76)47(81)54(35(6)99-62)102-65-53(87)50(84)51(85)56(104-65)61(89)74-43-39(78)20-21-40(43)79/h13,15,18,23-24,35,38,41-59,62-66,75,80-87,91-92H,5,12,14,16-17,19-22,25-30H2,1-4,6-11H3,(H2,70,88)(H2,71,90)(H,72,76)(H,73,77)(H,74,89)(H,93,94). The van der Waals surface area contributed by atoms with Gasteiger partial charge in [-0.15, -0.1) is 0 Å². The largest absolute Gasteiger partial charge is 0.474 e. The van der Waals surface area contributed by atoms with Gasteiger partial charge in [0, 0.05) is 26.7 Å². The number of Topliss-reactive ketones (excluding diaryl/α,β-unsaturated/α-hetero) is 2. The maximum absolute atomic E-state index is 14.2. The highest BCUT2D eigenvalue weighted by Gasteiger charge is 2.62. The zero-order valence-corrected chi connectivity index (χ0v) is 63.3. The zero-order chi connectivity index (χ0) is 81.3. The van der Waals surface area contributed by atoms with Gasteiger partial charge in [-0.05, 0) is 91.9 Å². The van der Waals surface area contributed by atoms with Crippen LogP contribution < -0.4 is 27.4 Å². The summed E-state index contributed by atoms with van der Waals surface area (Å²) in [5, 5.41) is 129. The van der Waals surface area contributed by atoms with Crippen LogP contribution in [0.2, 0.25) is 0 Å². The Morgan fingerprint density at radius 3 is 1.85 bits per heavy atom. The fraction of sp³-hybridized carbons (Fsp3) is 0.754. The van der Waals surface area contributed by atoms with Crippen molar-refractivity contribution in [2.75, 3.05) is 33.0 Å². The molecule has 6 fully saturated rings. The number of nitrogens with two attached hydrogens (primary N) is 2. The third kappa shape index (κ3) is 26.0. The number of phosphoric acid groups is 1. The van der Waals surface area contributed by atoms with Crippen molar-refractivity contribution in [3.63, 3.8) is 0 Å². The Bertz CT molecular complexity index is 3250. The zero-order valence-electron chi connectivity index (χ0n) is 62.5. The van der Waals surface area contributed by atoms with E-state index in [2.05, 4.69) is 86.3 Å². The molecule has 620 valence electrons. The average Bonchev–Trinajstić information content (AvgIpc) is 1.09. The van der Waals surface area contributed by atoms with Gasteiger partial charge in [-0.3, -0.25) is 43.1 Å². The Kier molecular flexibility index (Phi) is 35.1. The van der Waals surface area contributed by atoms with Gasteiger partial charge in [0.05, 0.1) is 32.5 Å². The van der Waals surface area contributed by atoms with Gasteiger partial charge in [-0.2, -0.15) is 0 Å². The summed E-state index contributed by atoms with van der Waals surface area (Å²) in [6, 6.07) is -5.58. The summed E-state index contributed by atoms with van der Waals surface area (Å²) in [6.45, 7) is 16.9. The Hall–Kier alpha value is -5.58. The van der Waals surface area contributed by atoms with Gasteiger partial charge < -0.3 is 135 Å². The molecule has 6 aliphatic rings. The van der Waals surface area contributed by atoms with Crippen LogP contribution in [0, 0.1) is 5.41 Å². The molecule has 1 saturated carbocycles. The molecule has 0 radical (unpaired) electrons. The van der Waals surface area contributed by atoms with Crippen molar-refractivity contribution < 1.29 is 165 Å². The van der Waals surface area contributed by atoms with Gasteiger partial charge in [-0.25, -0.2) is 14.2 Å². The van der Waals surface area contributed by atoms with Crippen LogP contribution in [0.15, 0.2) is 59.3 Å². The van der Waals surface area contributed by atoms with Gasteiger partial charge >= 0.3 is 13.9 Å². The third-order valence-corrected chi connectivity index (χ3v) is 20.1. The maximum Gasteiger partial charge on any atom is 0.474 e. The third-order valence-electron chi connectivity index (χ3n) is 19.1. The maximum atomic E-state index is 14.2. The minimum absolute atomic E-state index is 0.116. The first-order valence-electron chi connectivity index (χ1n) is 35.6. The molecule has 5 aliphatic heterocycles. The van der Waals surface area contributed by atoms with Crippen LogP contribution in [0.25, 0.3) is 0 Å². The molecule has 5 saturated heterocycles. The lowest BCUT2D eigenvalue weighted by atomic mass is 9.85. The molecule has 0 spiro atoms. The van der Waals surface area contributed by atoms with Gasteiger partial charge in [-0.1, -0.05) is 73.1 Å². The number of aliphatic hydroxyl groups excluding tert-OH is 9. The summed E-state index contributed by atoms with van der Waals surface area (Å²) in [5.74, 6) is -6.04. The first kappa shape index (κ1) is 92.3. The molecule has 5 heterocycles. The van der Waals surface area contributed by atoms with Crippen molar-refractivity contribution in [1.29, 1.82) is 0 Å². The quantitative estimate of drug-likeness (QED) is 0.0100. The van der Waals surface area contributed by atoms with Crippen molar-refractivity contribution in [3.8, 4) is 0 Å². The van der Waals surface area contributed by atoms with Crippen LogP contribution in [0.3, 0.4) is 0 Å². The van der Waals surface area contributed by atoms with Gasteiger partial charge in [0.15, 0.2) is 67.4 Å². The van der Waals surface area contributed by atoms with Crippen LogP contribution in [-0.2, 0) is 99.4 Å². The molecule has 1 aliphatic carbocycles. The molecule has 0 aromatic rings. The molecule has 6 rings (SSSR count). The van der Waals surface area contributed by atoms with E-state index in [0.717, 1.165) is 64.0 Å². The van der Waals surface area contributed by atoms with Crippen LogP contribution in [0.1, 0.15) is 127 Å². The van der Waals surface area contributed by atoms with E-state index in [1.54, 1.807) is 6.08 Å². The summed E-state index contributed by atoms with van der Waals surface area (Å²) in [4.78, 5) is 106. The first-order valence-corrected chi connectivity index (χ1v) is 37.1. The summed E-state index contributed by atoms with van der Waals surface area (Å²) in [7, 11) is -5.71. The fourth-order valence-corrected chi connectivity index (χ4v) is 13.7. The Labute approximate surface area is 629 Å². The molecule has 0 aromatic carbocycles. The minimum atomic E-state index is -5.71. The number of primary amides is 2. The highest BCUT2D eigenvalue weighted by molar-refractivity contribution is 7.47. The van der Waals surface area contributed by atoms with Gasteiger partial charge in [0.2, 0.25) is 17.7 Å². The molecular weight excluding hydrogens is 1470 g/mol. The van der Waals surface area contributed by atoms with E-state index in [1.807, 2.05) is 6.92 Å². The number of allylic oxidation sites excluding steroid dienone is 8. The first-order chi connectivity index (χ1) is 51.0. The number of hydrogen-bond donors (Lipinski definition) is 17. The second-order valence-electron chi connectivity index (χ2n) is 29.1. The van der Waals surface area contributed by atoms with Gasteiger partial charge in [0.1, 0.15) is 110 Å². The molecule has 27 unspecified atom stereocenters. The second-order valence-corrected chi connectivity index (χ2v) is 30.5. The van der Waals surface area contributed by atoms with E-state index in [4.69, 9.17) is 72.6 Å². The van der Waals surface area contributed by atoms with Crippen molar-refractivity contribution in [2.24, 2.45) is 16.9 Å². The lowest BCUT2D eigenvalue weighted by Gasteiger charge is -2.52. The SMILES string of the molecule is C=C(CC=C(C)CCC=C(C)C)CCC(C)(C)C=CCCC(C)=CCOC(COO)COP(=O)(O)OC1OC(C(N)=O)C(C)(O)C(OC(N)=O)C1OC1OC(COC2OC(CO)C(O)C(O)C2O)C(OC2OC(C)C(OC3OC(C(=O)NC4C(=O)CCC4=O)C(O)C(O)C3O)C(O)C2NC(C)=O)C(O)C1NC(C)=O. The second kappa shape index (κ2) is 41.5. The smallest absolute Gasteiger partial charge is 0.440 e. The number of hydrogen-bond acceptors (Lipinski definition) is 33. The number of rotatable bonds is 38. The Balaban J connectivity index is 1.24. The predicted molar refractivity (Wildman–Crippen MR) is 372 cm³/mol. The lowest BCUT2D eigenvalue weighted by Crippen LogP contribution is -2.72. The molecule has 27 atom stereocenters. The van der Waals surface area contributed by atoms with E-state index in [0.29, 0.717) is 12.8 Å². The highest BCUT2D eigenvalue weighted by atomic mass is 31.2. The normalized spacial score (nSPS) is 35.8. The summed E-state index contributed by atoms with van der Waals surface area (Å²) >= 11 is 0. The monoisotopic (exact) mass is 1580 g/mol. The predicted octanol–water partition coefficient (Wildman–Crippen LogP) is -2.45. The molecule has 40 heteroatoms. The average molecular weight is 1580 g/mol. The minimum Gasteiger partial charge on any atom is -0.440 e. The molecular formula is C69H110N5O34P. The van der Waals surface area contributed by atoms with Crippen molar-refractivity contribution in [2.45, 2.75) is 292 Å². The van der Waals surface area contributed by atoms with E-state index in [-0.39, 0.29) is 24.9 Å². The van der Waals surface area contributed by atoms with Crippen LogP contribution in [0.5, 0.6) is 0 Å². The van der Waals surface area contributed by atoms with E-state index in [1.165, 1.54) is 18.1 Å². The fourth-order valence-electron chi connectivity index (χ4n) is 12.8. The molecule has 0 bridgehead atoms. The molecule has 109 heavy (non-hydrogen) atoms. The van der Waals surface area contributed by atoms with Crippen molar-refractivity contribution >= 4 is 49.1 Å². The molecule has 39 nitrogen and oxygen atoms in total. The molecule has 0 aromatic heterocycles. The summed E-state index contributed by atoms with van der Waals surface area (Å²) in [5.41, 5.74) is 12.8. The Morgan fingerprint density at radius 2 is 1.26 bits per heavy atom. The number of carbonyl (C=O) groups is 7. The molecule has 19 N–H and O–H groups in total. The van der Waals surface area contributed by atoms with E-state index >= 15 is 0 Å². The van der Waals surface area contributed by atoms with E-state index < -0.39 is 241 Å². The number of aliphatic hydroxyl groups is 10. The number of amides is 5. The topological polar surface area (TPSA) is 597 Å². The highest BCUT2D eigenvalue weighted by Crippen LogP contribution is 2.49. The van der Waals surface area contributed by atoms with E-state index in [9.17, 15) is 99.3 Å². The summed E-state index contributed by atoms with van der Waals surface area (Å²) in [6.07, 6.45) is -33.9. The number of ether oxygens (including phenoxy) is 11. The van der Waals surface area contributed by atoms with Crippen molar-refractivity contribution in [1.82, 2.24) is 16.0 Å². The number of phosphoric ester groups is 1. The number of carbonyl (C=O) groups excluding carboxylic acids is 7. The van der Waals surface area contributed by atoms with Crippen LogP contribution in [0.4, 0.5) is 4.79 Å². The number of nitrogens with one attached hydrogen (secondary N) is 3. The van der Waals surface area contributed by atoms with Crippen molar-refractivity contribution in [3.05, 3.63) is 59.3 Å². The lowest BCUT2D eigenvalue weighted by molar-refractivity contribution is -0.375. The molecule has 5 amide bonds. The van der Waals surface area contributed by atoms with Crippen LogP contribution >= 0.6 is 7.82 Å². The van der Waals surface area contributed by atoms with Crippen LogP contribution in [-0.4, -0.2) is 301 Å². The van der Waals surface area contributed by atoms with Gasteiger partial charge in [0.25, 0.3) is 5.91 Å². The number of ketones is 2. The Morgan fingerprint density at radius 1 is 0.688 bits per heavy atom. The summed E-state index contributed by atoms with van der Waals surface area (Å²) < 4.78 is 89.7.